The molecule has 170 valence electrons. The second-order valence-electron chi connectivity index (χ2n) is 7.67. The average molecular weight is 455 g/mol. The Morgan fingerprint density at radius 1 is 1.06 bits per heavy atom. The summed E-state index contributed by atoms with van der Waals surface area (Å²) < 4.78 is 79.2. The van der Waals surface area contributed by atoms with Crippen molar-refractivity contribution in [3.05, 3.63) is 65.0 Å². The molecule has 0 spiro atoms. The first-order valence-electron chi connectivity index (χ1n) is 9.63. The highest BCUT2D eigenvalue weighted by atomic mass is 19.3. The summed E-state index contributed by atoms with van der Waals surface area (Å²) in [6.45, 7) is -3.04. The molecule has 2 aliphatic rings. The maximum atomic E-state index is 13.7. The largest absolute Gasteiger partial charge is 0.489 e. The molecule has 2 heterocycles. The molecule has 0 radical (unpaired) electrons. The van der Waals surface area contributed by atoms with Crippen LogP contribution in [0.3, 0.4) is 0 Å². The molecule has 0 atom stereocenters. The summed E-state index contributed by atoms with van der Waals surface area (Å²) >= 11 is 0. The smallest absolute Gasteiger partial charge is 0.341 e. The molecule has 0 bridgehead atoms. The Bertz CT molecular complexity index is 1050. The number of carboxylic acid groups (broad SMARTS) is 1. The Balaban J connectivity index is 1.75. The van der Waals surface area contributed by atoms with E-state index < -0.39 is 43.3 Å². The number of halogens is 5. The van der Waals surface area contributed by atoms with Gasteiger partial charge in [0, 0.05) is 12.1 Å². The fraction of sp³-hybridized carbons (Fsp3) is 0.318. The third kappa shape index (κ3) is 4.27. The first-order valence-corrected chi connectivity index (χ1v) is 9.63. The van der Waals surface area contributed by atoms with Crippen LogP contribution < -0.4 is 9.47 Å². The van der Waals surface area contributed by atoms with Crippen molar-refractivity contribution in [2.24, 2.45) is 0 Å². The van der Waals surface area contributed by atoms with E-state index >= 15 is 0 Å². The van der Waals surface area contributed by atoms with Gasteiger partial charge in [0.05, 0.1) is 13.1 Å². The fourth-order valence-corrected chi connectivity index (χ4v) is 3.82. The summed E-state index contributed by atoms with van der Waals surface area (Å²) in [7, 11) is 0. The van der Waals surface area contributed by atoms with Crippen LogP contribution in [0, 0.1) is 5.82 Å². The molecule has 0 aliphatic carbocycles. The van der Waals surface area contributed by atoms with Crippen LogP contribution in [0.15, 0.2) is 48.0 Å². The lowest BCUT2D eigenvalue weighted by molar-refractivity contribution is -0.172. The van der Waals surface area contributed by atoms with E-state index in [0.717, 1.165) is 4.90 Å². The molecule has 2 aromatic carbocycles. The van der Waals surface area contributed by atoms with Gasteiger partial charge in [-0.1, -0.05) is 12.1 Å². The van der Waals surface area contributed by atoms with E-state index in [9.17, 15) is 26.7 Å². The SMILES string of the molecule is O=C(O)COc1ccc2c(c1)C(c1ccc(F)cc1)=C(CN1CC(F)(F)C(F)(F)C1)CO2. The third-order valence-corrected chi connectivity index (χ3v) is 5.26. The van der Waals surface area contributed by atoms with Crippen LogP contribution in [0.1, 0.15) is 11.1 Å². The lowest BCUT2D eigenvalue weighted by Crippen LogP contribution is -2.38. The van der Waals surface area contributed by atoms with Gasteiger partial charge in [0.2, 0.25) is 0 Å². The van der Waals surface area contributed by atoms with Crippen LogP contribution in [0.5, 0.6) is 11.5 Å². The fourth-order valence-electron chi connectivity index (χ4n) is 3.82. The maximum absolute atomic E-state index is 13.7. The lowest BCUT2D eigenvalue weighted by atomic mass is 9.90. The Morgan fingerprint density at radius 3 is 2.34 bits per heavy atom. The van der Waals surface area contributed by atoms with Crippen LogP contribution in [-0.2, 0) is 4.79 Å². The minimum Gasteiger partial charge on any atom is -0.489 e. The number of benzene rings is 2. The molecular formula is C22H18F5NO4. The molecule has 1 fully saturated rings. The number of nitrogens with zero attached hydrogens (tertiary/aromatic N) is 1. The Kier molecular flexibility index (Phi) is 5.58. The van der Waals surface area contributed by atoms with E-state index in [1.807, 2.05) is 0 Å². The van der Waals surface area contributed by atoms with Crippen molar-refractivity contribution >= 4 is 11.5 Å². The standard InChI is InChI=1S/C22H18F5NO4/c23-15-3-1-13(2-4-15)20-14(8-28-11-21(24,25)22(26,27)12-28)9-32-18-6-5-16(7-17(18)20)31-10-19(29)30/h1-7H,8-12H2,(H,29,30). The number of carbonyl (C=O) groups is 1. The molecule has 0 aromatic heterocycles. The highest BCUT2D eigenvalue weighted by Gasteiger charge is 2.62. The molecule has 32 heavy (non-hydrogen) atoms. The Hall–Kier alpha value is -3.14. The predicted octanol–water partition coefficient (Wildman–Crippen LogP) is 4.07. The van der Waals surface area contributed by atoms with Gasteiger partial charge in [0.25, 0.3) is 0 Å². The first kappa shape index (κ1) is 22.1. The molecule has 0 saturated carbocycles. The van der Waals surface area contributed by atoms with Crippen molar-refractivity contribution in [1.82, 2.24) is 4.90 Å². The minimum absolute atomic E-state index is 0.0390. The van der Waals surface area contributed by atoms with Gasteiger partial charge < -0.3 is 14.6 Å². The third-order valence-electron chi connectivity index (χ3n) is 5.26. The second kappa shape index (κ2) is 8.09. The van der Waals surface area contributed by atoms with Crippen molar-refractivity contribution in [1.29, 1.82) is 0 Å². The lowest BCUT2D eigenvalue weighted by Gasteiger charge is -2.27. The van der Waals surface area contributed by atoms with Crippen LogP contribution in [0.2, 0.25) is 0 Å². The summed E-state index contributed by atoms with van der Waals surface area (Å²) in [6, 6.07) is 10.00. The minimum atomic E-state index is -4.14. The number of alkyl halides is 4. The van der Waals surface area contributed by atoms with E-state index in [0.29, 0.717) is 28.0 Å². The number of hydrogen-bond acceptors (Lipinski definition) is 4. The van der Waals surface area contributed by atoms with E-state index in [4.69, 9.17) is 14.6 Å². The van der Waals surface area contributed by atoms with Gasteiger partial charge in [-0.15, -0.1) is 0 Å². The molecule has 5 nitrogen and oxygen atoms in total. The van der Waals surface area contributed by atoms with Crippen molar-refractivity contribution in [3.8, 4) is 11.5 Å². The van der Waals surface area contributed by atoms with Gasteiger partial charge in [0.1, 0.15) is 23.9 Å². The highest BCUT2D eigenvalue weighted by molar-refractivity contribution is 5.87. The Morgan fingerprint density at radius 2 is 1.72 bits per heavy atom. The normalized spacial score (nSPS) is 19.4. The molecule has 2 aromatic rings. The molecule has 2 aliphatic heterocycles. The molecular weight excluding hydrogens is 437 g/mol. The van der Waals surface area contributed by atoms with Gasteiger partial charge >= 0.3 is 17.8 Å². The number of aliphatic carboxylic acids is 1. The van der Waals surface area contributed by atoms with Gasteiger partial charge in [0.15, 0.2) is 6.61 Å². The van der Waals surface area contributed by atoms with E-state index in [-0.39, 0.29) is 18.9 Å². The molecule has 1 saturated heterocycles. The van der Waals surface area contributed by atoms with Gasteiger partial charge in [-0.3, -0.25) is 4.90 Å². The van der Waals surface area contributed by atoms with Gasteiger partial charge in [-0.25, -0.2) is 9.18 Å². The van der Waals surface area contributed by atoms with Crippen LogP contribution in [0.4, 0.5) is 22.0 Å². The quantitative estimate of drug-likeness (QED) is 0.666. The summed E-state index contributed by atoms with van der Waals surface area (Å²) in [5.74, 6) is -9.32. The molecule has 1 N–H and O–H groups in total. The molecule has 0 unspecified atom stereocenters. The second-order valence-corrected chi connectivity index (χ2v) is 7.67. The summed E-state index contributed by atoms with van der Waals surface area (Å²) in [6.07, 6.45) is 0. The van der Waals surface area contributed by atoms with Crippen LogP contribution in [0.25, 0.3) is 5.57 Å². The van der Waals surface area contributed by atoms with Crippen molar-refractivity contribution in [3.63, 3.8) is 0 Å². The van der Waals surface area contributed by atoms with Crippen LogP contribution >= 0.6 is 0 Å². The first-order chi connectivity index (χ1) is 15.1. The molecule has 10 heteroatoms. The molecule has 0 amide bonds. The molecule has 4 rings (SSSR count). The number of rotatable bonds is 6. The zero-order valence-corrected chi connectivity index (χ0v) is 16.6. The van der Waals surface area contributed by atoms with Crippen molar-refractivity contribution in [2.75, 3.05) is 32.8 Å². The summed E-state index contributed by atoms with van der Waals surface area (Å²) in [5, 5.41) is 8.83. The number of carboxylic acids is 1. The zero-order chi connectivity index (χ0) is 23.1. The van der Waals surface area contributed by atoms with Crippen molar-refractivity contribution in [2.45, 2.75) is 11.8 Å². The number of likely N-dealkylation sites (tertiary alicyclic amines) is 1. The zero-order valence-electron chi connectivity index (χ0n) is 16.6. The van der Waals surface area contributed by atoms with Gasteiger partial charge in [-0.05, 0) is 47.0 Å². The maximum Gasteiger partial charge on any atom is 0.341 e. The summed E-state index contributed by atoms with van der Waals surface area (Å²) in [4.78, 5) is 11.8. The predicted molar refractivity (Wildman–Crippen MR) is 104 cm³/mol. The summed E-state index contributed by atoms with van der Waals surface area (Å²) in [5.41, 5.74) is 1.94. The van der Waals surface area contributed by atoms with E-state index in [2.05, 4.69) is 0 Å². The average Bonchev–Trinajstić information content (AvgIpc) is 2.93. The van der Waals surface area contributed by atoms with Crippen molar-refractivity contribution < 1.29 is 41.3 Å². The number of fused-ring (bicyclic) bond motifs is 1. The topological polar surface area (TPSA) is 59.0 Å². The monoisotopic (exact) mass is 455 g/mol. The number of hydrogen-bond donors (Lipinski definition) is 1. The Labute approximate surface area is 179 Å². The van der Waals surface area contributed by atoms with E-state index in [1.54, 1.807) is 6.07 Å². The number of ether oxygens (including phenoxy) is 2. The van der Waals surface area contributed by atoms with E-state index in [1.165, 1.54) is 36.4 Å². The highest BCUT2D eigenvalue weighted by Crippen LogP contribution is 2.43. The van der Waals surface area contributed by atoms with Crippen LogP contribution in [-0.4, -0.2) is 60.7 Å². The van der Waals surface area contributed by atoms with Gasteiger partial charge in [-0.2, -0.15) is 17.6 Å².